The summed E-state index contributed by atoms with van der Waals surface area (Å²) in [5.41, 5.74) is 5.04. The molecule has 1 aliphatic rings. The molecule has 0 bridgehead atoms. The fourth-order valence-corrected chi connectivity index (χ4v) is 3.83. The van der Waals surface area contributed by atoms with E-state index < -0.39 is 29.1 Å². The third-order valence-corrected chi connectivity index (χ3v) is 5.44. The van der Waals surface area contributed by atoms with E-state index >= 15 is 0 Å². The van der Waals surface area contributed by atoms with Crippen LogP contribution in [0.2, 0.25) is 0 Å². The average molecular weight is 460 g/mol. The number of anilines is 2. The molecule has 2 N–H and O–H groups in total. The molecule has 1 heterocycles. The summed E-state index contributed by atoms with van der Waals surface area (Å²) in [6.07, 6.45) is -3.49. The molecule has 2 aromatic rings. The number of benzene rings is 2. The maximum atomic E-state index is 13.4. The second kappa shape index (κ2) is 9.36. The Morgan fingerprint density at radius 3 is 2.41 bits per heavy atom. The van der Waals surface area contributed by atoms with Crippen molar-refractivity contribution in [2.45, 2.75) is 31.9 Å². The minimum absolute atomic E-state index is 0.0451. The minimum Gasteiger partial charge on any atom is -0.370 e. The van der Waals surface area contributed by atoms with Gasteiger partial charge >= 0.3 is 6.18 Å². The van der Waals surface area contributed by atoms with Gasteiger partial charge in [0.25, 0.3) is 0 Å². The van der Waals surface area contributed by atoms with Crippen LogP contribution in [-0.4, -0.2) is 23.5 Å². The van der Waals surface area contributed by atoms with Crippen LogP contribution in [0.1, 0.15) is 36.0 Å². The zero-order valence-corrected chi connectivity index (χ0v) is 17.7. The van der Waals surface area contributed by atoms with Crippen molar-refractivity contribution in [3.8, 4) is 6.07 Å². The highest BCUT2D eigenvalue weighted by Crippen LogP contribution is 2.35. The molecule has 0 aromatic heterocycles. The Labute approximate surface area is 188 Å². The summed E-state index contributed by atoms with van der Waals surface area (Å²) in [6.45, 7) is 0.407. The van der Waals surface area contributed by atoms with Crippen LogP contribution in [0.3, 0.4) is 0 Å². The number of carbonyl (C=O) groups excluding carboxylic acids is 2. The molecule has 6 nitrogen and oxygen atoms in total. The summed E-state index contributed by atoms with van der Waals surface area (Å²) in [4.78, 5) is 26.5. The van der Waals surface area contributed by atoms with Crippen molar-refractivity contribution in [2.24, 2.45) is 5.73 Å². The van der Waals surface area contributed by atoms with Crippen molar-refractivity contribution in [3.63, 3.8) is 0 Å². The number of nitriles is 1. The second-order valence-electron chi connectivity index (χ2n) is 7.24. The van der Waals surface area contributed by atoms with Crippen LogP contribution in [0.25, 0.3) is 0 Å². The predicted molar refractivity (Wildman–Crippen MR) is 117 cm³/mol. The Bertz CT molecular complexity index is 1090. The van der Waals surface area contributed by atoms with Gasteiger partial charge in [-0.05, 0) is 61.0 Å². The maximum absolute atomic E-state index is 13.4. The van der Waals surface area contributed by atoms with Crippen molar-refractivity contribution in [1.29, 1.82) is 5.26 Å². The molecule has 2 aromatic carbocycles. The SMILES string of the molecule is N#Cc1ccc(N2C(=O)CCCN(c3ccc(CCC(N)=O)cc3)C2=S)cc1C(F)(F)F. The first-order valence-electron chi connectivity index (χ1n) is 9.75. The molecule has 3 rings (SSSR count). The lowest BCUT2D eigenvalue weighted by molar-refractivity contribution is -0.137. The van der Waals surface area contributed by atoms with Crippen LogP contribution in [0.15, 0.2) is 42.5 Å². The molecule has 0 atom stereocenters. The van der Waals surface area contributed by atoms with Gasteiger partial charge < -0.3 is 10.6 Å². The molecule has 2 amide bonds. The fraction of sp³-hybridized carbons (Fsp3) is 0.273. The first-order chi connectivity index (χ1) is 15.1. The highest BCUT2D eigenvalue weighted by Gasteiger charge is 2.36. The molecule has 1 fully saturated rings. The largest absolute Gasteiger partial charge is 0.417 e. The number of aryl methyl sites for hydroxylation is 1. The Morgan fingerprint density at radius 2 is 1.81 bits per heavy atom. The quantitative estimate of drug-likeness (QED) is 0.684. The van der Waals surface area contributed by atoms with E-state index in [1.165, 1.54) is 12.1 Å². The Morgan fingerprint density at radius 1 is 1.16 bits per heavy atom. The van der Waals surface area contributed by atoms with E-state index in [9.17, 15) is 22.8 Å². The summed E-state index contributed by atoms with van der Waals surface area (Å²) in [6, 6.07) is 11.8. The zero-order valence-electron chi connectivity index (χ0n) is 16.9. The summed E-state index contributed by atoms with van der Waals surface area (Å²) < 4.78 is 40.3. The van der Waals surface area contributed by atoms with Crippen LogP contribution >= 0.6 is 12.2 Å². The summed E-state index contributed by atoms with van der Waals surface area (Å²) in [5, 5.41) is 9.07. The van der Waals surface area contributed by atoms with Crippen molar-refractivity contribution < 1.29 is 22.8 Å². The lowest BCUT2D eigenvalue weighted by Gasteiger charge is -2.30. The van der Waals surface area contributed by atoms with Gasteiger partial charge in [0.15, 0.2) is 5.11 Å². The van der Waals surface area contributed by atoms with Gasteiger partial charge in [0.1, 0.15) is 0 Å². The molecule has 32 heavy (non-hydrogen) atoms. The number of primary amides is 1. The number of halogens is 3. The number of carbonyl (C=O) groups is 2. The normalized spacial score (nSPS) is 14.8. The summed E-state index contributed by atoms with van der Waals surface area (Å²) in [5.74, 6) is -0.828. The second-order valence-corrected chi connectivity index (χ2v) is 7.60. The van der Waals surface area contributed by atoms with Gasteiger partial charge in [-0.25, -0.2) is 0 Å². The number of amides is 2. The van der Waals surface area contributed by atoms with Crippen molar-refractivity contribution in [1.82, 2.24) is 0 Å². The van der Waals surface area contributed by atoms with Crippen molar-refractivity contribution in [3.05, 3.63) is 59.2 Å². The molecule has 0 saturated carbocycles. The Balaban J connectivity index is 1.94. The molecule has 1 saturated heterocycles. The lowest BCUT2D eigenvalue weighted by atomic mass is 10.1. The molecule has 0 radical (unpaired) electrons. The molecule has 1 aliphatic heterocycles. The maximum Gasteiger partial charge on any atom is 0.417 e. The van der Waals surface area contributed by atoms with Crippen LogP contribution in [0.4, 0.5) is 24.5 Å². The highest BCUT2D eigenvalue weighted by atomic mass is 32.1. The van der Waals surface area contributed by atoms with Crippen LogP contribution < -0.4 is 15.5 Å². The van der Waals surface area contributed by atoms with E-state index in [0.717, 1.165) is 22.6 Å². The van der Waals surface area contributed by atoms with Crippen LogP contribution in [-0.2, 0) is 22.2 Å². The smallest absolute Gasteiger partial charge is 0.370 e. The monoisotopic (exact) mass is 460 g/mol. The van der Waals surface area contributed by atoms with Gasteiger partial charge in [0.05, 0.1) is 22.9 Å². The van der Waals surface area contributed by atoms with Crippen molar-refractivity contribution in [2.75, 3.05) is 16.3 Å². The Kier molecular flexibility index (Phi) is 6.79. The number of rotatable bonds is 5. The molecule has 0 aliphatic carbocycles. The van der Waals surface area contributed by atoms with E-state index in [1.807, 2.05) is 0 Å². The van der Waals surface area contributed by atoms with E-state index in [0.29, 0.717) is 25.1 Å². The van der Waals surface area contributed by atoms with Crippen LogP contribution in [0.5, 0.6) is 0 Å². The molecular weight excluding hydrogens is 441 g/mol. The Hall–Kier alpha value is -3.45. The number of nitrogens with two attached hydrogens (primary N) is 1. The summed E-state index contributed by atoms with van der Waals surface area (Å²) in [7, 11) is 0. The third-order valence-electron chi connectivity index (χ3n) is 5.04. The van der Waals surface area contributed by atoms with Gasteiger partial charge in [0, 0.05) is 25.1 Å². The first kappa shape index (κ1) is 23.2. The fourth-order valence-electron chi connectivity index (χ4n) is 3.43. The highest BCUT2D eigenvalue weighted by molar-refractivity contribution is 7.81. The number of hydrogen-bond acceptors (Lipinski definition) is 4. The number of nitrogens with zero attached hydrogens (tertiary/aromatic N) is 3. The van der Waals surface area contributed by atoms with E-state index in [4.69, 9.17) is 23.2 Å². The van der Waals surface area contributed by atoms with Gasteiger partial charge in [-0.1, -0.05) is 12.1 Å². The van der Waals surface area contributed by atoms with Gasteiger partial charge in [0.2, 0.25) is 11.8 Å². The van der Waals surface area contributed by atoms with Gasteiger partial charge in [-0.3, -0.25) is 14.5 Å². The first-order valence-corrected chi connectivity index (χ1v) is 10.2. The molecule has 166 valence electrons. The average Bonchev–Trinajstić information content (AvgIpc) is 2.89. The summed E-state index contributed by atoms with van der Waals surface area (Å²) >= 11 is 5.52. The van der Waals surface area contributed by atoms with E-state index in [-0.39, 0.29) is 23.6 Å². The number of hydrogen-bond donors (Lipinski definition) is 1. The minimum atomic E-state index is -4.75. The van der Waals surface area contributed by atoms with Gasteiger partial charge in [-0.15, -0.1) is 0 Å². The number of alkyl halides is 3. The number of thiocarbonyl (C=S) groups is 1. The van der Waals surface area contributed by atoms with E-state index in [2.05, 4.69) is 0 Å². The van der Waals surface area contributed by atoms with Gasteiger partial charge in [-0.2, -0.15) is 18.4 Å². The zero-order chi connectivity index (χ0) is 23.5. The topological polar surface area (TPSA) is 90.4 Å². The molecule has 0 spiro atoms. The molecular formula is C22H19F3N4O2S. The third kappa shape index (κ3) is 5.06. The standard InChI is InChI=1S/C22H19F3N4O2S/c23-22(24,25)18-12-17(9-6-15(18)13-26)29-20(31)2-1-11-28(21(29)32)16-7-3-14(4-8-16)5-10-19(27)30/h3-4,6-9,12H,1-2,5,10-11H2,(H2,27,30). The van der Waals surface area contributed by atoms with Crippen molar-refractivity contribution >= 4 is 40.5 Å². The lowest BCUT2D eigenvalue weighted by Crippen LogP contribution is -2.44. The van der Waals surface area contributed by atoms with Crippen LogP contribution in [0, 0.1) is 11.3 Å². The van der Waals surface area contributed by atoms with E-state index in [1.54, 1.807) is 29.2 Å². The molecule has 0 unspecified atom stereocenters. The molecule has 10 heteroatoms. The predicted octanol–water partition coefficient (Wildman–Crippen LogP) is 3.91.